The van der Waals surface area contributed by atoms with E-state index in [4.69, 9.17) is 0 Å². The summed E-state index contributed by atoms with van der Waals surface area (Å²) >= 11 is 0. The van der Waals surface area contributed by atoms with Gasteiger partial charge in [0.05, 0.1) is 11.4 Å². The molecule has 0 bridgehead atoms. The molecule has 0 radical (unpaired) electrons. The van der Waals surface area contributed by atoms with Crippen molar-refractivity contribution in [2.75, 3.05) is 10.5 Å². The Morgan fingerprint density at radius 3 is 2.45 bits per heavy atom. The van der Waals surface area contributed by atoms with Crippen LogP contribution in [0.25, 0.3) is 0 Å². The minimum absolute atomic E-state index is 0.0669. The Hall–Kier alpha value is -1.86. The van der Waals surface area contributed by atoms with E-state index >= 15 is 0 Å². The van der Waals surface area contributed by atoms with Crippen LogP contribution in [0.3, 0.4) is 0 Å². The summed E-state index contributed by atoms with van der Waals surface area (Å²) < 4.78 is 27.4. The van der Waals surface area contributed by atoms with Gasteiger partial charge in [-0.1, -0.05) is 12.1 Å². The van der Waals surface area contributed by atoms with Crippen LogP contribution >= 0.6 is 0 Å². The van der Waals surface area contributed by atoms with Gasteiger partial charge in [-0.25, -0.2) is 8.42 Å². The molecule has 0 amide bonds. The van der Waals surface area contributed by atoms with Crippen molar-refractivity contribution in [3.63, 3.8) is 0 Å². The van der Waals surface area contributed by atoms with Crippen LogP contribution in [0.4, 0.5) is 5.69 Å². The number of aromatic nitrogens is 2. The third-order valence-electron chi connectivity index (χ3n) is 3.58. The van der Waals surface area contributed by atoms with Gasteiger partial charge >= 0.3 is 0 Å². The van der Waals surface area contributed by atoms with E-state index in [1.165, 1.54) is 0 Å². The minimum Gasteiger partial charge on any atom is -0.305 e. The second-order valence-electron chi connectivity index (χ2n) is 5.18. The van der Waals surface area contributed by atoms with Gasteiger partial charge in [-0.3, -0.25) is 9.40 Å². The Kier molecular flexibility index (Phi) is 5.20. The Labute approximate surface area is 131 Å². The van der Waals surface area contributed by atoms with Crippen LogP contribution in [0.1, 0.15) is 31.1 Å². The van der Waals surface area contributed by atoms with Crippen molar-refractivity contribution in [2.45, 2.75) is 26.4 Å². The molecule has 2 aromatic rings. The normalized spacial score (nSPS) is 13.0. The molecule has 2 N–H and O–H groups in total. The zero-order chi connectivity index (χ0) is 16.2. The van der Waals surface area contributed by atoms with Crippen LogP contribution in [-0.4, -0.2) is 24.0 Å². The maximum Gasteiger partial charge on any atom is 0.232 e. The van der Waals surface area contributed by atoms with Crippen molar-refractivity contribution in [1.82, 2.24) is 15.1 Å². The van der Waals surface area contributed by atoms with Gasteiger partial charge in [0.15, 0.2) is 0 Å². The topological polar surface area (TPSA) is 76.0 Å². The van der Waals surface area contributed by atoms with E-state index in [2.05, 4.69) is 22.1 Å². The molecule has 120 valence electrons. The first kappa shape index (κ1) is 16.5. The Balaban J connectivity index is 1.96. The van der Waals surface area contributed by atoms with E-state index < -0.39 is 10.0 Å². The van der Waals surface area contributed by atoms with E-state index in [0.29, 0.717) is 5.69 Å². The van der Waals surface area contributed by atoms with E-state index in [1.54, 1.807) is 25.3 Å². The second-order valence-corrected chi connectivity index (χ2v) is 7.19. The zero-order valence-electron chi connectivity index (χ0n) is 13.1. The fourth-order valence-electron chi connectivity index (χ4n) is 2.04. The van der Waals surface area contributed by atoms with Gasteiger partial charge < -0.3 is 5.32 Å². The quantitative estimate of drug-likeness (QED) is 0.818. The highest BCUT2D eigenvalue weighted by atomic mass is 32.2. The first-order chi connectivity index (χ1) is 10.4. The molecule has 7 heteroatoms. The van der Waals surface area contributed by atoms with Gasteiger partial charge in [0.2, 0.25) is 10.0 Å². The molecule has 0 saturated carbocycles. The molecule has 1 unspecified atom stereocenters. The predicted octanol–water partition coefficient (Wildman–Crippen LogP) is 2.03. The van der Waals surface area contributed by atoms with Crippen molar-refractivity contribution in [1.29, 1.82) is 0 Å². The Morgan fingerprint density at radius 2 is 1.91 bits per heavy atom. The summed E-state index contributed by atoms with van der Waals surface area (Å²) in [6, 6.07) is 9.55. The number of rotatable bonds is 7. The number of sulfonamides is 1. The highest BCUT2D eigenvalue weighted by Gasteiger charge is 2.09. The first-order valence-electron chi connectivity index (χ1n) is 7.22. The number of nitrogens with zero attached hydrogens (tertiary/aromatic N) is 2. The standard InChI is InChI=1S/C15H22N4O2S/c1-4-22(20,21)18-14-7-5-13(6-8-14)12(2)16-11-15-9-10-17-19(15)3/h5-10,12,16,18H,4,11H2,1-3H3. The van der Waals surface area contributed by atoms with Crippen LogP contribution in [0.5, 0.6) is 0 Å². The third kappa shape index (κ3) is 4.32. The lowest BCUT2D eigenvalue weighted by Crippen LogP contribution is -2.20. The van der Waals surface area contributed by atoms with Crippen LogP contribution in [0, 0.1) is 0 Å². The van der Waals surface area contributed by atoms with Gasteiger partial charge in [-0.15, -0.1) is 0 Å². The largest absolute Gasteiger partial charge is 0.305 e. The molecule has 0 saturated heterocycles. The second kappa shape index (κ2) is 6.93. The molecule has 0 aliphatic heterocycles. The number of aryl methyl sites for hydroxylation is 1. The van der Waals surface area contributed by atoms with Gasteiger partial charge in [0, 0.05) is 31.5 Å². The van der Waals surface area contributed by atoms with Crippen LogP contribution < -0.4 is 10.0 Å². The Bertz CT molecular complexity index is 707. The van der Waals surface area contributed by atoms with E-state index in [1.807, 2.05) is 29.9 Å². The zero-order valence-corrected chi connectivity index (χ0v) is 13.9. The molecule has 1 heterocycles. The monoisotopic (exact) mass is 322 g/mol. The van der Waals surface area contributed by atoms with Crippen LogP contribution in [0.15, 0.2) is 36.5 Å². The Morgan fingerprint density at radius 1 is 1.23 bits per heavy atom. The molecule has 0 aliphatic rings. The maximum atomic E-state index is 11.5. The molecule has 2 rings (SSSR count). The summed E-state index contributed by atoms with van der Waals surface area (Å²) in [7, 11) is -1.31. The first-order valence-corrected chi connectivity index (χ1v) is 8.87. The highest BCUT2D eigenvalue weighted by Crippen LogP contribution is 2.17. The summed E-state index contributed by atoms with van der Waals surface area (Å²) in [5, 5.41) is 7.55. The van der Waals surface area contributed by atoms with Gasteiger partial charge in [-0.05, 0) is 37.6 Å². The van der Waals surface area contributed by atoms with Gasteiger partial charge in [-0.2, -0.15) is 5.10 Å². The van der Waals surface area contributed by atoms with Crippen LogP contribution in [-0.2, 0) is 23.6 Å². The minimum atomic E-state index is -3.23. The van der Waals surface area contributed by atoms with E-state index in [-0.39, 0.29) is 11.8 Å². The number of benzene rings is 1. The highest BCUT2D eigenvalue weighted by molar-refractivity contribution is 7.92. The smallest absolute Gasteiger partial charge is 0.232 e. The van der Waals surface area contributed by atoms with E-state index in [0.717, 1.165) is 17.8 Å². The van der Waals surface area contributed by atoms with Gasteiger partial charge in [0.25, 0.3) is 0 Å². The molecule has 1 aromatic carbocycles. The summed E-state index contributed by atoms with van der Waals surface area (Å²) in [6.45, 7) is 4.41. The molecule has 1 atom stereocenters. The van der Waals surface area contributed by atoms with Crippen molar-refractivity contribution >= 4 is 15.7 Å². The third-order valence-corrected chi connectivity index (χ3v) is 4.88. The fraction of sp³-hybridized carbons (Fsp3) is 0.400. The summed E-state index contributed by atoms with van der Waals surface area (Å²) in [4.78, 5) is 0. The maximum absolute atomic E-state index is 11.5. The predicted molar refractivity (Wildman–Crippen MR) is 88.0 cm³/mol. The fourth-order valence-corrected chi connectivity index (χ4v) is 2.68. The molecule has 0 fully saturated rings. The molecule has 0 aliphatic carbocycles. The van der Waals surface area contributed by atoms with Crippen molar-refractivity contribution in [3.8, 4) is 0 Å². The average Bonchev–Trinajstić information content (AvgIpc) is 2.90. The van der Waals surface area contributed by atoms with Crippen molar-refractivity contribution < 1.29 is 8.42 Å². The molecule has 6 nitrogen and oxygen atoms in total. The lowest BCUT2D eigenvalue weighted by Gasteiger charge is -2.15. The molecule has 22 heavy (non-hydrogen) atoms. The number of anilines is 1. The molecule has 1 aromatic heterocycles. The molecular weight excluding hydrogens is 300 g/mol. The van der Waals surface area contributed by atoms with E-state index in [9.17, 15) is 8.42 Å². The lowest BCUT2D eigenvalue weighted by molar-refractivity contribution is 0.548. The average molecular weight is 322 g/mol. The van der Waals surface area contributed by atoms with Gasteiger partial charge in [0.1, 0.15) is 0 Å². The van der Waals surface area contributed by atoms with Crippen molar-refractivity contribution in [2.24, 2.45) is 7.05 Å². The molecule has 0 spiro atoms. The summed E-state index contributed by atoms with van der Waals surface area (Å²) in [5.74, 6) is 0.0669. The summed E-state index contributed by atoms with van der Waals surface area (Å²) in [5.41, 5.74) is 2.80. The lowest BCUT2D eigenvalue weighted by atomic mass is 10.1. The van der Waals surface area contributed by atoms with Crippen LogP contribution in [0.2, 0.25) is 0 Å². The summed E-state index contributed by atoms with van der Waals surface area (Å²) in [6.07, 6.45) is 1.77. The number of hydrogen-bond donors (Lipinski definition) is 2. The SMILES string of the molecule is CCS(=O)(=O)Nc1ccc(C(C)NCc2ccnn2C)cc1. The molecular formula is C15H22N4O2S. The number of hydrogen-bond acceptors (Lipinski definition) is 4. The van der Waals surface area contributed by atoms with Crippen molar-refractivity contribution in [3.05, 3.63) is 47.8 Å². The number of nitrogens with one attached hydrogen (secondary N) is 2.